The fourth-order valence-electron chi connectivity index (χ4n) is 3.47. The van der Waals surface area contributed by atoms with E-state index in [4.69, 9.17) is 23.2 Å². The number of carbonyl (C=O) groups is 1. The van der Waals surface area contributed by atoms with E-state index in [1.54, 1.807) is 11.0 Å². The van der Waals surface area contributed by atoms with Gasteiger partial charge in [-0.2, -0.15) is 0 Å². The Morgan fingerprint density at radius 3 is 2.57 bits per heavy atom. The molecule has 0 saturated carbocycles. The van der Waals surface area contributed by atoms with Gasteiger partial charge < -0.3 is 15.3 Å². The van der Waals surface area contributed by atoms with Crippen molar-refractivity contribution in [1.82, 2.24) is 10.2 Å². The second kappa shape index (κ2) is 6.61. The van der Waals surface area contributed by atoms with Gasteiger partial charge in [0.25, 0.3) is 0 Å². The molecular formula is C14H17Cl3N2O2. The zero-order valence-electron chi connectivity index (χ0n) is 11.3. The summed E-state index contributed by atoms with van der Waals surface area (Å²) in [7, 11) is 0. The van der Waals surface area contributed by atoms with Gasteiger partial charge in [-0.05, 0) is 42.0 Å². The predicted molar refractivity (Wildman–Crippen MR) is 85.8 cm³/mol. The maximum absolute atomic E-state index is 11.4. The summed E-state index contributed by atoms with van der Waals surface area (Å²) in [6.45, 7) is 2.40. The van der Waals surface area contributed by atoms with E-state index in [0.717, 1.165) is 18.7 Å². The van der Waals surface area contributed by atoms with E-state index in [2.05, 4.69) is 5.32 Å². The molecule has 21 heavy (non-hydrogen) atoms. The normalized spacial score (nSPS) is 27.3. The Balaban J connectivity index is 0.00000161. The molecule has 116 valence electrons. The van der Waals surface area contributed by atoms with Gasteiger partial charge in [0.2, 0.25) is 0 Å². The number of carboxylic acid groups (broad SMARTS) is 1. The third-order valence-electron chi connectivity index (χ3n) is 4.33. The fraction of sp³-hybridized carbons (Fsp3) is 0.500. The van der Waals surface area contributed by atoms with Crippen molar-refractivity contribution in [2.45, 2.75) is 12.5 Å². The lowest BCUT2D eigenvalue weighted by atomic mass is 9.90. The fourth-order valence-corrected chi connectivity index (χ4v) is 4.05. The first kappa shape index (κ1) is 16.7. The first-order valence-electron chi connectivity index (χ1n) is 6.70. The van der Waals surface area contributed by atoms with Gasteiger partial charge in [-0.25, -0.2) is 4.79 Å². The molecule has 2 fully saturated rings. The molecule has 2 saturated heterocycles. The SMILES string of the molecule is Cl.O=C(O)N1C[C@H]2CNC[C@H]2C1Cc1cc(Cl)cc(Cl)c1. The van der Waals surface area contributed by atoms with Crippen LogP contribution in [-0.4, -0.2) is 41.8 Å². The average molecular weight is 352 g/mol. The van der Waals surface area contributed by atoms with E-state index in [0.29, 0.717) is 34.8 Å². The number of nitrogens with zero attached hydrogens (tertiary/aromatic N) is 1. The number of likely N-dealkylation sites (tertiary alicyclic amines) is 1. The van der Waals surface area contributed by atoms with Crippen molar-refractivity contribution in [2.24, 2.45) is 11.8 Å². The molecule has 3 atom stereocenters. The van der Waals surface area contributed by atoms with E-state index < -0.39 is 6.09 Å². The number of benzene rings is 1. The van der Waals surface area contributed by atoms with Gasteiger partial charge in [-0.15, -0.1) is 12.4 Å². The lowest BCUT2D eigenvalue weighted by Gasteiger charge is -2.25. The molecule has 7 heteroatoms. The number of hydrogen-bond donors (Lipinski definition) is 2. The Bertz CT molecular complexity index is 521. The Morgan fingerprint density at radius 2 is 1.95 bits per heavy atom. The molecule has 1 amide bonds. The lowest BCUT2D eigenvalue weighted by Crippen LogP contribution is -2.40. The predicted octanol–water partition coefficient (Wildman–Crippen LogP) is 3.16. The van der Waals surface area contributed by atoms with Gasteiger partial charge in [0, 0.05) is 35.7 Å². The van der Waals surface area contributed by atoms with Crippen LogP contribution in [0.4, 0.5) is 4.79 Å². The molecule has 4 nitrogen and oxygen atoms in total. The van der Waals surface area contributed by atoms with Crippen molar-refractivity contribution in [2.75, 3.05) is 19.6 Å². The monoisotopic (exact) mass is 350 g/mol. The number of nitrogens with one attached hydrogen (secondary N) is 1. The standard InChI is InChI=1S/C14H16Cl2N2O2.ClH/c15-10-1-8(2-11(16)4-10)3-13-12-6-17-5-9(12)7-18(13)14(19)20;/h1-2,4,9,12-13,17H,3,5-7H2,(H,19,20);1H/t9-,12-,13?;/m1./s1. The van der Waals surface area contributed by atoms with Crippen molar-refractivity contribution < 1.29 is 9.90 Å². The third-order valence-corrected chi connectivity index (χ3v) is 4.77. The summed E-state index contributed by atoms with van der Waals surface area (Å²) in [5.74, 6) is 0.801. The van der Waals surface area contributed by atoms with Crippen molar-refractivity contribution in [3.05, 3.63) is 33.8 Å². The maximum Gasteiger partial charge on any atom is 0.407 e. The Hall–Kier alpha value is -0.680. The van der Waals surface area contributed by atoms with E-state index in [1.807, 2.05) is 12.1 Å². The molecule has 2 heterocycles. The van der Waals surface area contributed by atoms with Crippen LogP contribution in [0.3, 0.4) is 0 Å². The van der Waals surface area contributed by atoms with Gasteiger partial charge in [0.05, 0.1) is 0 Å². The Labute approximate surface area is 139 Å². The average Bonchev–Trinajstić information content (AvgIpc) is 2.90. The first-order valence-corrected chi connectivity index (χ1v) is 7.45. The minimum atomic E-state index is -0.836. The van der Waals surface area contributed by atoms with Crippen LogP contribution >= 0.6 is 35.6 Å². The van der Waals surface area contributed by atoms with E-state index in [9.17, 15) is 9.90 Å². The van der Waals surface area contributed by atoms with E-state index in [1.165, 1.54) is 0 Å². The smallest absolute Gasteiger partial charge is 0.407 e. The highest BCUT2D eigenvalue weighted by atomic mass is 35.5. The summed E-state index contributed by atoms with van der Waals surface area (Å²) in [6, 6.07) is 5.42. The second-order valence-electron chi connectivity index (χ2n) is 5.57. The van der Waals surface area contributed by atoms with E-state index in [-0.39, 0.29) is 18.4 Å². The molecule has 0 spiro atoms. The number of halogens is 3. The quantitative estimate of drug-likeness (QED) is 0.860. The third kappa shape index (κ3) is 3.39. The molecule has 1 unspecified atom stereocenters. The molecule has 1 aromatic rings. The summed E-state index contributed by atoms with van der Waals surface area (Å²) >= 11 is 12.0. The molecule has 2 aliphatic rings. The summed E-state index contributed by atoms with van der Waals surface area (Å²) in [4.78, 5) is 13.0. The second-order valence-corrected chi connectivity index (χ2v) is 6.44. The topological polar surface area (TPSA) is 52.6 Å². The molecule has 0 aliphatic carbocycles. The summed E-state index contributed by atoms with van der Waals surface area (Å²) < 4.78 is 0. The summed E-state index contributed by atoms with van der Waals surface area (Å²) in [6.07, 6.45) is -0.173. The van der Waals surface area contributed by atoms with Gasteiger partial charge in [-0.3, -0.25) is 0 Å². The Kier molecular flexibility index (Phi) is 5.25. The molecule has 1 aromatic carbocycles. The highest BCUT2D eigenvalue weighted by molar-refractivity contribution is 6.34. The number of amides is 1. The van der Waals surface area contributed by atoms with Crippen LogP contribution in [0.5, 0.6) is 0 Å². The van der Waals surface area contributed by atoms with Gasteiger partial charge >= 0.3 is 6.09 Å². The molecular weight excluding hydrogens is 335 g/mol. The van der Waals surface area contributed by atoms with Crippen LogP contribution in [0.15, 0.2) is 18.2 Å². The summed E-state index contributed by atoms with van der Waals surface area (Å²) in [5, 5.41) is 13.9. The Morgan fingerprint density at radius 1 is 1.29 bits per heavy atom. The van der Waals surface area contributed by atoms with Gasteiger partial charge in [-0.1, -0.05) is 23.2 Å². The molecule has 2 N–H and O–H groups in total. The van der Waals surface area contributed by atoms with Crippen LogP contribution in [-0.2, 0) is 6.42 Å². The van der Waals surface area contributed by atoms with Crippen molar-refractivity contribution in [1.29, 1.82) is 0 Å². The first-order chi connectivity index (χ1) is 9.54. The molecule has 0 aromatic heterocycles. The van der Waals surface area contributed by atoms with Gasteiger partial charge in [0.15, 0.2) is 0 Å². The van der Waals surface area contributed by atoms with Crippen LogP contribution in [0, 0.1) is 11.8 Å². The number of rotatable bonds is 2. The van der Waals surface area contributed by atoms with Crippen molar-refractivity contribution in [3.8, 4) is 0 Å². The number of hydrogen-bond acceptors (Lipinski definition) is 2. The number of fused-ring (bicyclic) bond motifs is 1. The molecule has 2 aliphatic heterocycles. The minimum Gasteiger partial charge on any atom is -0.465 e. The highest BCUT2D eigenvalue weighted by Gasteiger charge is 2.45. The maximum atomic E-state index is 11.4. The van der Waals surface area contributed by atoms with Crippen molar-refractivity contribution >= 4 is 41.7 Å². The zero-order valence-corrected chi connectivity index (χ0v) is 13.6. The van der Waals surface area contributed by atoms with Gasteiger partial charge in [0.1, 0.15) is 0 Å². The minimum absolute atomic E-state index is 0. The summed E-state index contributed by atoms with van der Waals surface area (Å²) in [5.41, 5.74) is 0.992. The van der Waals surface area contributed by atoms with E-state index >= 15 is 0 Å². The van der Waals surface area contributed by atoms with Crippen molar-refractivity contribution in [3.63, 3.8) is 0 Å². The van der Waals surface area contributed by atoms with Crippen LogP contribution in [0.1, 0.15) is 5.56 Å². The largest absolute Gasteiger partial charge is 0.465 e. The molecule has 0 radical (unpaired) electrons. The van der Waals surface area contributed by atoms with Crippen LogP contribution in [0.25, 0.3) is 0 Å². The molecule has 3 rings (SSSR count). The molecule has 0 bridgehead atoms. The highest BCUT2D eigenvalue weighted by Crippen LogP contribution is 2.35. The zero-order chi connectivity index (χ0) is 14.3. The van der Waals surface area contributed by atoms with Crippen LogP contribution < -0.4 is 5.32 Å². The van der Waals surface area contributed by atoms with Crippen LogP contribution in [0.2, 0.25) is 10.0 Å². The lowest BCUT2D eigenvalue weighted by molar-refractivity contribution is 0.133.